The standard InChI is InChI=1S/C8H9N3O2.ClH/c1-11-5-3-10-7(9)2-6(5)13-4-8(11)12;/h2-3H,4H2,1H3,(H2,9,10);1H. The maximum Gasteiger partial charge on any atom is 0.264 e. The summed E-state index contributed by atoms with van der Waals surface area (Å²) in [6.45, 7) is 0.0625. The van der Waals surface area contributed by atoms with Gasteiger partial charge in [-0.2, -0.15) is 0 Å². The zero-order valence-electron chi connectivity index (χ0n) is 7.56. The molecule has 14 heavy (non-hydrogen) atoms. The number of fused-ring (bicyclic) bond motifs is 1. The average Bonchev–Trinajstić information content (AvgIpc) is 2.12. The Morgan fingerprint density at radius 2 is 2.36 bits per heavy atom. The number of nitrogens with two attached hydrogens (primary N) is 1. The molecule has 0 atom stereocenters. The molecule has 0 bridgehead atoms. The fourth-order valence-corrected chi connectivity index (χ4v) is 1.18. The van der Waals surface area contributed by atoms with Crippen molar-refractivity contribution in [1.29, 1.82) is 0 Å². The predicted octanol–water partition coefficient (Wildman–Crippen LogP) is 0.441. The Kier molecular flexibility index (Phi) is 2.81. The summed E-state index contributed by atoms with van der Waals surface area (Å²) in [7, 11) is 1.68. The van der Waals surface area contributed by atoms with E-state index in [0.717, 1.165) is 0 Å². The highest BCUT2D eigenvalue weighted by Gasteiger charge is 2.22. The second-order valence-electron chi connectivity index (χ2n) is 2.82. The minimum absolute atomic E-state index is 0. The Morgan fingerprint density at radius 3 is 3.07 bits per heavy atom. The minimum atomic E-state index is -0.0842. The fourth-order valence-electron chi connectivity index (χ4n) is 1.18. The van der Waals surface area contributed by atoms with Crippen molar-refractivity contribution in [1.82, 2.24) is 4.98 Å². The molecule has 0 saturated heterocycles. The molecule has 0 spiro atoms. The van der Waals surface area contributed by atoms with Gasteiger partial charge in [-0.15, -0.1) is 12.4 Å². The number of rotatable bonds is 0. The quantitative estimate of drug-likeness (QED) is 0.682. The third-order valence-electron chi connectivity index (χ3n) is 1.95. The topological polar surface area (TPSA) is 68.5 Å². The predicted molar refractivity (Wildman–Crippen MR) is 54.8 cm³/mol. The zero-order chi connectivity index (χ0) is 9.42. The summed E-state index contributed by atoms with van der Waals surface area (Å²) in [5.41, 5.74) is 6.13. The molecule has 6 heteroatoms. The van der Waals surface area contributed by atoms with Crippen molar-refractivity contribution in [3.05, 3.63) is 12.3 Å². The molecule has 2 heterocycles. The lowest BCUT2D eigenvalue weighted by Gasteiger charge is -2.25. The molecule has 2 N–H and O–H groups in total. The molecular weight excluding hydrogens is 206 g/mol. The first-order valence-electron chi connectivity index (χ1n) is 3.83. The molecule has 0 saturated carbocycles. The SMILES string of the molecule is CN1C(=O)COc2cc(N)ncc21.Cl. The molecular formula is C8H10ClN3O2. The Labute approximate surface area is 87.3 Å². The Hall–Kier alpha value is -1.49. The van der Waals surface area contributed by atoms with Gasteiger partial charge >= 0.3 is 0 Å². The van der Waals surface area contributed by atoms with Gasteiger partial charge in [-0.05, 0) is 0 Å². The number of hydrogen-bond acceptors (Lipinski definition) is 4. The number of pyridine rings is 1. The van der Waals surface area contributed by atoms with Gasteiger partial charge in [0.25, 0.3) is 5.91 Å². The Bertz CT molecular complexity index is 370. The first-order chi connectivity index (χ1) is 6.18. The van der Waals surface area contributed by atoms with E-state index in [0.29, 0.717) is 17.3 Å². The second kappa shape index (κ2) is 3.71. The number of aromatic nitrogens is 1. The van der Waals surface area contributed by atoms with Gasteiger partial charge in [0.1, 0.15) is 17.3 Å². The number of halogens is 1. The third kappa shape index (κ3) is 1.58. The van der Waals surface area contributed by atoms with Gasteiger partial charge in [0.05, 0.1) is 6.20 Å². The highest BCUT2D eigenvalue weighted by atomic mass is 35.5. The first-order valence-corrected chi connectivity index (χ1v) is 3.83. The van der Waals surface area contributed by atoms with Gasteiger partial charge < -0.3 is 15.4 Å². The van der Waals surface area contributed by atoms with Crippen molar-refractivity contribution in [3.63, 3.8) is 0 Å². The second-order valence-corrected chi connectivity index (χ2v) is 2.82. The summed E-state index contributed by atoms with van der Waals surface area (Å²) in [5, 5.41) is 0. The number of carbonyl (C=O) groups is 1. The largest absolute Gasteiger partial charge is 0.481 e. The lowest BCUT2D eigenvalue weighted by atomic mass is 10.3. The summed E-state index contributed by atoms with van der Waals surface area (Å²) in [6, 6.07) is 1.61. The van der Waals surface area contributed by atoms with E-state index in [2.05, 4.69) is 4.98 Å². The van der Waals surface area contributed by atoms with E-state index in [1.165, 1.54) is 11.1 Å². The van der Waals surface area contributed by atoms with Crippen LogP contribution in [0.5, 0.6) is 5.75 Å². The van der Waals surface area contributed by atoms with Crippen molar-refractivity contribution < 1.29 is 9.53 Å². The monoisotopic (exact) mass is 215 g/mol. The van der Waals surface area contributed by atoms with Gasteiger partial charge in [-0.1, -0.05) is 0 Å². The van der Waals surface area contributed by atoms with Crippen molar-refractivity contribution >= 4 is 29.8 Å². The third-order valence-corrected chi connectivity index (χ3v) is 1.95. The molecule has 0 fully saturated rings. The van der Waals surface area contributed by atoms with Gasteiger partial charge in [0.15, 0.2) is 6.61 Å². The number of anilines is 2. The van der Waals surface area contributed by atoms with Crippen LogP contribution in [0.4, 0.5) is 11.5 Å². The van der Waals surface area contributed by atoms with Crippen molar-refractivity contribution in [2.45, 2.75) is 0 Å². The van der Waals surface area contributed by atoms with Crippen LogP contribution in [-0.4, -0.2) is 24.5 Å². The van der Waals surface area contributed by atoms with E-state index in [1.807, 2.05) is 0 Å². The molecule has 1 amide bonds. The summed E-state index contributed by atoms with van der Waals surface area (Å²) >= 11 is 0. The van der Waals surface area contributed by atoms with E-state index < -0.39 is 0 Å². The van der Waals surface area contributed by atoms with Gasteiger partial charge in [-0.3, -0.25) is 4.79 Å². The van der Waals surface area contributed by atoms with E-state index >= 15 is 0 Å². The van der Waals surface area contributed by atoms with Crippen LogP contribution in [0.3, 0.4) is 0 Å². The molecule has 76 valence electrons. The molecule has 1 aliphatic rings. The van der Waals surface area contributed by atoms with E-state index in [4.69, 9.17) is 10.5 Å². The van der Waals surface area contributed by atoms with E-state index in [9.17, 15) is 4.79 Å². The average molecular weight is 216 g/mol. The summed E-state index contributed by atoms with van der Waals surface area (Å²) < 4.78 is 5.18. The molecule has 0 aliphatic carbocycles. The molecule has 5 nitrogen and oxygen atoms in total. The highest BCUT2D eigenvalue weighted by molar-refractivity contribution is 5.97. The minimum Gasteiger partial charge on any atom is -0.481 e. The van der Waals surface area contributed by atoms with Crippen LogP contribution in [0.1, 0.15) is 0 Å². The van der Waals surface area contributed by atoms with Crippen LogP contribution < -0.4 is 15.4 Å². The lowest BCUT2D eigenvalue weighted by Crippen LogP contribution is -2.35. The molecule has 1 aromatic heterocycles. The molecule has 1 aromatic rings. The lowest BCUT2D eigenvalue weighted by molar-refractivity contribution is -0.120. The highest BCUT2D eigenvalue weighted by Crippen LogP contribution is 2.30. The number of amides is 1. The van der Waals surface area contributed by atoms with Crippen LogP contribution in [0.2, 0.25) is 0 Å². The Balaban J connectivity index is 0.000000980. The number of hydrogen-bond donors (Lipinski definition) is 1. The van der Waals surface area contributed by atoms with Gasteiger partial charge in [-0.25, -0.2) is 4.98 Å². The number of nitrogens with zero attached hydrogens (tertiary/aromatic N) is 2. The maximum atomic E-state index is 11.2. The van der Waals surface area contributed by atoms with Gasteiger partial charge in [0.2, 0.25) is 0 Å². The number of ether oxygens (including phenoxy) is 1. The van der Waals surface area contributed by atoms with Crippen molar-refractivity contribution in [2.24, 2.45) is 0 Å². The molecule has 0 unspecified atom stereocenters. The van der Waals surface area contributed by atoms with Crippen molar-refractivity contribution in [3.8, 4) is 5.75 Å². The first kappa shape index (κ1) is 10.6. The summed E-state index contributed by atoms with van der Waals surface area (Å²) in [6.07, 6.45) is 1.53. The fraction of sp³-hybridized carbons (Fsp3) is 0.250. The van der Waals surface area contributed by atoms with Gasteiger partial charge in [0, 0.05) is 13.1 Å². The number of carbonyl (C=O) groups excluding carboxylic acids is 1. The zero-order valence-corrected chi connectivity index (χ0v) is 8.37. The summed E-state index contributed by atoms with van der Waals surface area (Å²) in [5.74, 6) is 0.912. The van der Waals surface area contributed by atoms with Crippen molar-refractivity contribution in [2.75, 3.05) is 24.3 Å². The maximum absolute atomic E-state index is 11.2. The van der Waals surface area contributed by atoms with Crippen LogP contribution in [0.15, 0.2) is 12.3 Å². The molecule has 0 aromatic carbocycles. The normalized spacial score (nSPS) is 14.1. The van der Waals surface area contributed by atoms with Crippen LogP contribution in [0.25, 0.3) is 0 Å². The molecule has 1 aliphatic heterocycles. The van der Waals surface area contributed by atoms with Crippen LogP contribution in [0, 0.1) is 0 Å². The summed E-state index contributed by atoms with van der Waals surface area (Å²) in [4.78, 5) is 16.6. The number of likely N-dealkylation sites (N-methyl/N-ethyl adjacent to an activating group) is 1. The van der Waals surface area contributed by atoms with E-state index in [1.54, 1.807) is 13.1 Å². The molecule has 2 rings (SSSR count). The smallest absolute Gasteiger partial charge is 0.264 e. The molecule has 0 radical (unpaired) electrons. The van der Waals surface area contributed by atoms with Crippen LogP contribution >= 0.6 is 12.4 Å². The van der Waals surface area contributed by atoms with E-state index in [-0.39, 0.29) is 24.9 Å². The van der Waals surface area contributed by atoms with Crippen LogP contribution in [-0.2, 0) is 4.79 Å². The number of nitrogen functional groups attached to an aromatic ring is 1. The Morgan fingerprint density at radius 1 is 1.64 bits per heavy atom.